The molecule has 3 rings (SSSR count). The molecule has 0 spiro atoms. The van der Waals surface area contributed by atoms with Gasteiger partial charge in [-0.3, -0.25) is 9.59 Å². The number of hydrogen-bond donors (Lipinski definition) is 1. The zero-order valence-electron chi connectivity index (χ0n) is 15.5. The van der Waals surface area contributed by atoms with Crippen molar-refractivity contribution in [3.8, 4) is 10.6 Å². The average Bonchev–Trinajstić information content (AvgIpc) is 3.09. The van der Waals surface area contributed by atoms with Crippen LogP contribution in [0.1, 0.15) is 27.7 Å². The molecular weight excluding hydrogens is 499 g/mol. The SMILES string of the molecule is CC(=O)N(CCn1c(-c2sccc2Cl)c(I)c2nc[nH]c(=O)c21)C(C)(C)C. The molecule has 0 aliphatic heterocycles. The summed E-state index contributed by atoms with van der Waals surface area (Å²) in [7, 11) is 0. The number of nitrogens with one attached hydrogen (secondary N) is 1. The molecule has 0 fully saturated rings. The number of aromatic amines is 1. The zero-order chi connectivity index (χ0) is 19.9. The van der Waals surface area contributed by atoms with Crippen LogP contribution >= 0.6 is 45.5 Å². The standard InChI is InChI=1S/C18H20ClIN4O2S/c1-10(25)24(18(2,3)4)7-6-23-14(16-11(19)5-8-27-16)12(20)13-15(23)17(26)22-9-21-13/h5,8-9H,6-7H2,1-4H3,(H,21,22,26). The minimum atomic E-state index is -0.312. The highest BCUT2D eigenvalue weighted by Crippen LogP contribution is 2.39. The molecule has 0 saturated heterocycles. The van der Waals surface area contributed by atoms with E-state index in [1.165, 1.54) is 17.7 Å². The first kappa shape index (κ1) is 20.3. The van der Waals surface area contributed by atoms with Gasteiger partial charge >= 0.3 is 0 Å². The van der Waals surface area contributed by atoms with E-state index in [1.807, 2.05) is 36.8 Å². The number of amides is 1. The van der Waals surface area contributed by atoms with Crippen molar-refractivity contribution in [2.45, 2.75) is 39.8 Å². The highest BCUT2D eigenvalue weighted by molar-refractivity contribution is 14.1. The van der Waals surface area contributed by atoms with Crippen molar-refractivity contribution in [1.82, 2.24) is 19.4 Å². The molecule has 1 amide bonds. The number of thiophene rings is 1. The summed E-state index contributed by atoms with van der Waals surface area (Å²) in [4.78, 5) is 34.4. The zero-order valence-corrected chi connectivity index (χ0v) is 19.2. The second-order valence-corrected chi connectivity index (χ2v) is 9.58. The van der Waals surface area contributed by atoms with E-state index in [1.54, 1.807) is 11.8 Å². The molecule has 6 nitrogen and oxygen atoms in total. The molecule has 0 bridgehead atoms. The van der Waals surface area contributed by atoms with Gasteiger partial charge < -0.3 is 14.5 Å². The second-order valence-electron chi connectivity index (χ2n) is 7.18. The molecule has 0 radical (unpaired) electrons. The summed E-state index contributed by atoms with van der Waals surface area (Å²) in [5, 5.41) is 2.56. The monoisotopic (exact) mass is 518 g/mol. The number of aromatic nitrogens is 3. The van der Waals surface area contributed by atoms with Crippen LogP contribution in [-0.2, 0) is 11.3 Å². The van der Waals surface area contributed by atoms with Crippen LogP contribution in [0.4, 0.5) is 0 Å². The van der Waals surface area contributed by atoms with Crippen molar-refractivity contribution in [3.05, 3.63) is 36.7 Å². The third-order valence-electron chi connectivity index (χ3n) is 4.35. The van der Waals surface area contributed by atoms with Crippen LogP contribution in [0.2, 0.25) is 5.02 Å². The number of carbonyl (C=O) groups excluding carboxylic acids is 1. The highest BCUT2D eigenvalue weighted by Gasteiger charge is 2.26. The first-order valence-electron chi connectivity index (χ1n) is 8.40. The van der Waals surface area contributed by atoms with Crippen molar-refractivity contribution >= 4 is 62.5 Å². The van der Waals surface area contributed by atoms with Gasteiger partial charge in [-0.05, 0) is 54.8 Å². The van der Waals surface area contributed by atoms with Gasteiger partial charge in [-0.2, -0.15) is 0 Å². The topological polar surface area (TPSA) is 71.0 Å². The fourth-order valence-electron chi connectivity index (χ4n) is 3.22. The van der Waals surface area contributed by atoms with Crippen molar-refractivity contribution in [2.75, 3.05) is 6.54 Å². The maximum absolute atomic E-state index is 12.6. The normalized spacial score (nSPS) is 11.9. The van der Waals surface area contributed by atoms with Gasteiger partial charge in [0.2, 0.25) is 5.91 Å². The minimum absolute atomic E-state index is 0.00333. The molecule has 0 aliphatic carbocycles. The van der Waals surface area contributed by atoms with Crippen LogP contribution in [0.25, 0.3) is 21.6 Å². The Balaban J connectivity index is 2.18. The predicted molar refractivity (Wildman–Crippen MR) is 119 cm³/mol. The highest BCUT2D eigenvalue weighted by atomic mass is 127. The molecule has 27 heavy (non-hydrogen) atoms. The summed E-state index contributed by atoms with van der Waals surface area (Å²) in [6.07, 6.45) is 1.41. The lowest BCUT2D eigenvalue weighted by atomic mass is 10.1. The Bertz CT molecular complexity index is 1060. The fourth-order valence-corrected chi connectivity index (χ4v) is 5.56. The van der Waals surface area contributed by atoms with Gasteiger partial charge in [-0.1, -0.05) is 11.6 Å². The summed E-state index contributed by atoms with van der Waals surface area (Å²) < 4.78 is 2.81. The number of hydrogen-bond acceptors (Lipinski definition) is 4. The van der Waals surface area contributed by atoms with Crippen molar-refractivity contribution in [1.29, 1.82) is 0 Å². The Hall–Kier alpha value is -1.39. The Kier molecular flexibility index (Phi) is 5.69. The number of halogens is 2. The van der Waals surface area contributed by atoms with E-state index >= 15 is 0 Å². The van der Waals surface area contributed by atoms with Crippen molar-refractivity contribution in [2.24, 2.45) is 0 Å². The van der Waals surface area contributed by atoms with E-state index in [4.69, 9.17) is 11.6 Å². The van der Waals surface area contributed by atoms with Crippen molar-refractivity contribution in [3.63, 3.8) is 0 Å². The van der Waals surface area contributed by atoms with Gasteiger partial charge in [0.25, 0.3) is 5.56 Å². The molecule has 0 aromatic carbocycles. The summed E-state index contributed by atoms with van der Waals surface area (Å²) in [6, 6.07) is 1.84. The molecule has 0 unspecified atom stereocenters. The number of fused-ring (bicyclic) bond motifs is 1. The van der Waals surface area contributed by atoms with Crippen LogP contribution < -0.4 is 5.56 Å². The van der Waals surface area contributed by atoms with Gasteiger partial charge in [0, 0.05) is 25.6 Å². The van der Waals surface area contributed by atoms with Crippen LogP contribution in [0, 0.1) is 3.57 Å². The molecular formula is C18H20ClIN4O2S. The smallest absolute Gasteiger partial charge is 0.275 e. The average molecular weight is 519 g/mol. The van der Waals surface area contributed by atoms with E-state index in [0.717, 1.165) is 14.1 Å². The summed E-state index contributed by atoms with van der Waals surface area (Å²) in [5.74, 6) is -0.00333. The van der Waals surface area contributed by atoms with Crippen LogP contribution in [-0.4, -0.2) is 37.4 Å². The number of rotatable bonds is 4. The molecule has 0 atom stereocenters. The Labute approximate surface area is 179 Å². The molecule has 1 N–H and O–H groups in total. The van der Waals surface area contributed by atoms with Gasteiger partial charge in [0.1, 0.15) is 11.0 Å². The van der Waals surface area contributed by atoms with Gasteiger partial charge in [-0.25, -0.2) is 4.98 Å². The Morgan fingerprint density at radius 3 is 2.70 bits per heavy atom. The van der Waals surface area contributed by atoms with Crippen LogP contribution in [0.5, 0.6) is 0 Å². The first-order chi connectivity index (χ1) is 12.6. The lowest BCUT2D eigenvalue weighted by Gasteiger charge is -2.35. The third-order valence-corrected chi connectivity index (χ3v) is 6.72. The lowest BCUT2D eigenvalue weighted by Crippen LogP contribution is -2.46. The summed E-state index contributed by atoms with van der Waals surface area (Å²) in [5.41, 5.74) is 1.49. The van der Waals surface area contributed by atoms with E-state index in [9.17, 15) is 9.59 Å². The quantitative estimate of drug-likeness (QED) is 0.522. The second kappa shape index (κ2) is 7.56. The number of carbonyl (C=O) groups is 1. The Morgan fingerprint density at radius 1 is 1.44 bits per heavy atom. The number of H-pyrrole nitrogens is 1. The van der Waals surface area contributed by atoms with E-state index in [0.29, 0.717) is 29.1 Å². The van der Waals surface area contributed by atoms with Gasteiger partial charge in [0.05, 0.1) is 25.5 Å². The fraction of sp³-hybridized carbons (Fsp3) is 0.389. The molecule has 0 aliphatic rings. The largest absolute Gasteiger partial charge is 0.336 e. The molecule has 144 valence electrons. The van der Waals surface area contributed by atoms with Crippen molar-refractivity contribution < 1.29 is 4.79 Å². The molecule has 0 saturated carbocycles. The van der Waals surface area contributed by atoms with Gasteiger partial charge in [-0.15, -0.1) is 11.3 Å². The molecule has 3 aromatic rings. The maximum atomic E-state index is 12.6. The van der Waals surface area contributed by atoms with Crippen LogP contribution in [0.3, 0.4) is 0 Å². The first-order valence-corrected chi connectivity index (χ1v) is 10.7. The van der Waals surface area contributed by atoms with Crippen LogP contribution in [0.15, 0.2) is 22.6 Å². The van der Waals surface area contributed by atoms with Gasteiger partial charge in [0.15, 0.2) is 0 Å². The third kappa shape index (κ3) is 3.79. The predicted octanol–water partition coefficient (Wildman–Crippen LogP) is 4.36. The van der Waals surface area contributed by atoms with E-state index < -0.39 is 0 Å². The molecule has 3 heterocycles. The Morgan fingerprint density at radius 2 is 2.15 bits per heavy atom. The van der Waals surface area contributed by atoms with E-state index in [2.05, 4.69) is 32.6 Å². The maximum Gasteiger partial charge on any atom is 0.275 e. The molecule has 9 heteroatoms. The minimum Gasteiger partial charge on any atom is -0.336 e. The van der Waals surface area contributed by atoms with E-state index in [-0.39, 0.29) is 17.0 Å². The summed E-state index contributed by atoms with van der Waals surface area (Å²) in [6.45, 7) is 8.50. The summed E-state index contributed by atoms with van der Waals surface area (Å²) >= 11 is 10.1. The lowest BCUT2D eigenvalue weighted by molar-refractivity contribution is -0.133. The number of nitrogens with zero attached hydrogens (tertiary/aromatic N) is 3. The molecule has 3 aromatic heterocycles.